The molecule has 1 aliphatic rings. The molecule has 0 spiro atoms. The predicted molar refractivity (Wildman–Crippen MR) is 90.4 cm³/mol. The van der Waals surface area contributed by atoms with Gasteiger partial charge in [-0.3, -0.25) is 0 Å². The lowest BCUT2D eigenvalue weighted by atomic mass is 9.92. The van der Waals surface area contributed by atoms with Gasteiger partial charge in [0, 0.05) is 38.3 Å². The highest BCUT2D eigenvalue weighted by molar-refractivity contribution is 5.40. The Bertz CT molecular complexity index is 813. The molecule has 1 N–H and O–H groups in total. The molecule has 0 bridgehead atoms. The SMILES string of the molecule is COC(C)c1cc(NC2CCC(F)(F)CC2)nc(-n2ccc(C(F)(F)F)n2)n1. The fraction of sp³-hybridized carbons (Fsp3) is 0.588. The van der Waals surface area contributed by atoms with Crippen LogP contribution in [0.2, 0.25) is 0 Å². The highest BCUT2D eigenvalue weighted by atomic mass is 19.4. The monoisotopic (exact) mass is 405 g/mol. The van der Waals surface area contributed by atoms with Crippen molar-refractivity contribution in [2.24, 2.45) is 0 Å². The molecule has 1 fully saturated rings. The summed E-state index contributed by atoms with van der Waals surface area (Å²) in [6.07, 6.45) is -3.84. The smallest absolute Gasteiger partial charge is 0.375 e. The number of ether oxygens (including phenoxy) is 1. The standard InChI is InChI=1S/C17H20F5N5O/c1-10(28-2)12-9-14(23-11-3-6-16(18,19)7-4-11)25-15(24-12)27-8-5-13(26-27)17(20,21)22/h5,8-11H,3-4,6-7H2,1-2H3,(H,23,24,25). The second-order valence-corrected chi connectivity index (χ2v) is 6.77. The lowest BCUT2D eigenvalue weighted by Gasteiger charge is -2.29. The molecule has 1 aliphatic carbocycles. The van der Waals surface area contributed by atoms with Gasteiger partial charge in [-0.2, -0.15) is 23.3 Å². The molecule has 2 aromatic rings. The van der Waals surface area contributed by atoms with Crippen LogP contribution in [0.4, 0.5) is 27.8 Å². The average molecular weight is 405 g/mol. The van der Waals surface area contributed by atoms with Crippen LogP contribution < -0.4 is 5.32 Å². The van der Waals surface area contributed by atoms with Crippen molar-refractivity contribution < 1.29 is 26.7 Å². The van der Waals surface area contributed by atoms with Crippen molar-refractivity contribution in [1.29, 1.82) is 0 Å². The molecule has 0 aromatic carbocycles. The minimum atomic E-state index is -4.59. The highest BCUT2D eigenvalue weighted by Crippen LogP contribution is 2.34. The number of aromatic nitrogens is 4. The van der Waals surface area contributed by atoms with E-state index < -0.39 is 23.9 Å². The molecule has 0 radical (unpaired) electrons. The van der Waals surface area contributed by atoms with E-state index in [2.05, 4.69) is 20.4 Å². The summed E-state index contributed by atoms with van der Waals surface area (Å²) in [5.74, 6) is -2.41. The van der Waals surface area contributed by atoms with Crippen LogP contribution in [0.3, 0.4) is 0 Å². The maximum Gasteiger partial charge on any atom is 0.435 e. The molecule has 0 aliphatic heterocycles. The molecule has 6 nitrogen and oxygen atoms in total. The average Bonchev–Trinajstić information content (AvgIpc) is 3.13. The van der Waals surface area contributed by atoms with Crippen molar-refractivity contribution in [3.8, 4) is 5.95 Å². The van der Waals surface area contributed by atoms with E-state index in [4.69, 9.17) is 4.74 Å². The maximum absolute atomic E-state index is 13.3. The number of anilines is 1. The van der Waals surface area contributed by atoms with Crippen molar-refractivity contribution in [3.05, 3.63) is 29.7 Å². The first kappa shape index (κ1) is 20.4. The number of hydrogen-bond acceptors (Lipinski definition) is 5. The van der Waals surface area contributed by atoms with Gasteiger partial charge in [-0.1, -0.05) is 0 Å². The number of halogens is 5. The van der Waals surface area contributed by atoms with E-state index in [9.17, 15) is 22.0 Å². The van der Waals surface area contributed by atoms with Crippen LogP contribution >= 0.6 is 0 Å². The van der Waals surface area contributed by atoms with E-state index in [-0.39, 0.29) is 37.7 Å². The third kappa shape index (κ3) is 4.75. The van der Waals surface area contributed by atoms with Gasteiger partial charge in [0.05, 0.1) is 11.8 Å². The Morgan fingerprint density at radius 3 is 2.50 bits per heavy atom. The minimum Gasteiger partial charge on any atom is -0.375 e. The van der Waals surface area contributed by atoms with Gasteiger partial charge in [0.25, 0.3) is 5.95 Å². The van der Waals surface area contributed by atoms with Crippen LogP contribution in [-0.4, -0.2) is 38.8 Å². The number of nitrogens with zero attached hydrogens (tertiary/aromatic N) is 4. The third-order valence-corrected chi connectivity index (χ3v) is 4.66. The van der Waals surface area contributed by atoms with Crippen LogP contribution in [0.25, 0.3) is 5.95 Å². The summed E-state index contributed by atoms with van der Waals surface area (Å²) in [7, 11) is 1.47. The van der Waals surface area contributed by atoms with Gasteiger partial charge >= 0.3 is 6.18 Å². The van der Waals surface area contributed by atoms with Gasteiger partial charge in [-0.05, 0) is 25.8 Å². The summed E-state index contributed by atoms with van der Waals surface area (Å²) < 4.78 is 71.3. The van der Waals surface area contributed by atoms with Gasteiger partial charge in [0.15, 0.2) is 5.69 Å². The van der Waals surface area contributed by atoms with Crippen molar-refractivity contribution in [2.75, 3.05) is 12.4 Å². The summed E-state index contributed by atoms with van der Waals surface area (Å²) in [5, 5.41) is 6.57. The Labute approximate surface area is 158 Å². The van der Waals surface area contributed by atoms with E-state index in [1.165, 1.54) is 7.11 Å². The molecule has 0 saturated heterocycles. The normalized spacial score (nSPS) is 18.8. The van der Waals surface area contributed by atoms with E-state index >= 15 is 0 Å². The van der Waals surface area contributed by atoms with E-state index in [0.29, 0.717) is 11.5 Å². The maximum atomic E-state index is 13.3. The second-order valence-electron chi connectivity index (χ2n) is 6.77. The Morgan fingerprint density at radius 2 is 1.93 bits per heavy atom. The van der Waals surface area contributed by atoms with Crippen molar-refractivity contribution in [2.45, 2.75) is 56.9 Å². The molecule has 1 unspecified atom stereocenters. The van der Waals surface area contributed by atoms with Crippen LogP contribution in [0.15, 0.2) is 18.3 Å². The fourth-order valence-corrected chi connectivity index (χ4v) is 2.94. The summed E-state index contributed by atoms with van der Waals surface area (Å²) in [5.41, 5.74) is -0.634. The first-order valence-electron chi connectivity index (χ1n) is 8.77. The first-order valence-corrected chi connectivity index (χ1v) is 8.77. The van der Waals surface area contributed by atoms with Crippen LogP contribution in [0.1, 0.15) is 50.1 Å². The molecule has 1 saturated carbocycles. The van der Waals surface area contributed by atoms with Gasteiger partial charge in [0.2, 0.25) is 5.92 Å². The Balaban J connectivity index is 1.88. The summed E-state index contributed by atoms with van der Waals surface area (Å²) >= 11 is 0. The quantitative estimate of drug-likeness (QED) is 0.748. The predicted octanol–water partition coefficient (Wildman–Crippen LogP) is 4.38. The Hall–Kier alpha value is -2.30. The summed E-state index contributed by atoms with van der Waals surface area (Å²) in [4.78, 5) is 8.44. The molecule has 2 aromatic heterocycles. The van der Waals surface area contributed by atoms with Crippen LogP contribution in [-0.2, 0) is 10.9 Å². The van der Waals surface area contributed by atoms with Crippen molar-refractivity contribution in [1.82, 2.24) is 19.7 Å². The number of methoxy groups -OCH3 is 1. The second kappa shape index (κ2) is 7.61. The van der Waals surface area contributed by atoms with Gasteiger partial charge in [0.1, 0.15) is 5.82 Å². The van der Waals surface area contributed by atoms with E-state index in [1.54, 1.807) is 13.0 Å². The number of hydrogen-bond donors (Lipinski definition) is 1. The molecule has 3 rings (SSSR count). The first-order chi connectivity index (χ1) is 13.1. The topological polar surface area (TPSA) is 64.9 Å². The molecule has 154 valence electrons. The number of nitrogens with one attached hydrogen (secondary N) is 1. The zero-order valence-electron chi connectivity index (χ0n) is 15.3. The molecular formula is C17H20F5N5O. The van der Waals surface area contributed by atoms with Crippen LogP contribution in [0, 0.1) is 0 Å². The molecule has 2 heterocycles. The number of rotatable bonds is 5. The fourth-order valence-electron chi connectivity index (χ4n) is 2.94. The lowest BCUT2D eigenvalue weighted by Crippen LogP contribution is -2.32. The minimum absolute atomic E-state index is 0.0689. The van der Waals surface area contributed by atoms with Gasteiger partial charge < -0.3 is 10.1 Å². The van der Waals surface area contributed by atoms with E-state index in [0.717, 1.165) is 16.9 Å². The molecule has 28 heavy (non-hydrogen) atoms. The summed E-state index contributed by atoms with van der Waals surface area (Å²) in [6, 6.07) is 2.21. The summed E-state index contributed by atoms with van der Waals surface area (Å²) in [6.45, 7) is 1.72. The van der Waals surface area contributed by atoms with E-state index in [1.807, 2.05) is 0 Å². The zero-order chi connectivity index (χ0) is 20.5. The zero-order valence-corrected chi connectivity index (χ0v) is 15.3. The largest absolute Gasteiger partial charge is 0.435 e. The van der Waals surface area contributed by atoms with Crippen molar-refractivity contribution >= 4 is 5.82 Å². The Morgan fingerprint density at radius 1 is 1.25 bits per heavy atom. The molecule has 1 atom stereocenters. The lowest BCUT2D eigenvalue weighted by molar-refractivity contribution is -0.141. The highest BCUT2D eigenvalue weighted by Gasteiger charge is 2.35. The van der Waals surface area contributed by atoms with Gasteiger partial charge in [-0.15, -0.1) is 0 Å². The molecular weight excluding hydrogens is 385 g/mol. The third-order valence-electron chi connectivity index (χ3n) is 4.66. The molecule has 0 amide bonds. The molecule has 11 heteroatoms. The van der Waals surface area contributed by atoms with Crippen LogP contribution in [0.5, 0.6) is 0 Å². The number of alkyl halides is 5. The Kier molecular flexibility index (Phi) is 5.55. The van der Waals surface area contributed by atoms with Gasteiger partial charge in [-0.25, -0.2) is 18.4 Å². The van der Waals surface area contributed by atoms with Crippen molar-refractivity contribution in [3.63, 3.8) is 0 Å².